The number of aryl methyl sites for hydroxylation is 1. The van der Waals surface area contributed by atoms with Gasteiger partial charge in [0.1, 0.15) is 5.01 Å². The van der Waals surface area contributed by atoms with Crippen LogP contribution < -0.4 is 0 Å². The Bertz CT molecular complexity index is 604. The van der Waals surface area contributed by atoms with E-state index in [4.69, 9.17) is 0 Å². The Labute approximate surface area is 117 Å². The van der Waals surface area contributed by atoms with E-state index in [2.05, 4.69) is 72.6 Å². The van der Waals surface area contributed by atoms with Crippen LogP contribution in [0.5, 0.6) is 0 Å². The predicted molar refractivity (Wildman–Crippen MR) is 80.7 cm³/mol. The first-order valence-electron chi connectivity index (χ1n) is 6.37. The molecule has 3 aromatic rings. The maximum atomic E-state index is 4.59. The lowest BCUT2D eigenvalue weighted by atomic mass is 9.92. The Morgan fingerprint density at radius 1 is 0.842 bits per heavy atom. The van der Waals surface area contributed by atoms with Gasteiger partial charge < -0.3 is 0 Å². The third-order valence-corrected chi connectivity index (χ3v) is 4.13. The number of rotatable bonds is 3. The van der Waals surface area contributed by atoms with Gasteiger partial charge in [0.15, 0.2) is 0 Å². The van der Waals surface area contributed by atoms with Gasteiger partial charge in [-0.1, -0.05) is 60.7 Å². The fraction of sp³-hybridized carbons (Fsp3) is 0.118. The minimum Gasteiger partial charge on any atom is -0.248 e. The molecule has 0 bridgehead atoms. The summed E-state index contributed by atoms with van der Waals surface area (Å²) in [7, 11) is 0. The number of benzene rings is 2. The van der Waals surface area contributed by atoms with Gasteiger partial charge in [-0.3, -0.25) is 0 Å². The van der Waals surface area contributed by atoms with Crippen LogP contribution in [0.2, 0.25) is 0 Å². The van der Waals surface area contributed by atoms with Crippen LogP contribution in [0.4, 0.5) is 0 Å². The Morgan fingerprint density at radius 2 is 1.37 bits per heavy atom. The zero-order chi connectivity index (χ0) is 13.1. The average molecular weight is 265 g/mol. The third-order valence-electron chi connectivity index (χ3n) is 3.15. The molecule has 3 rings (SSSR count). The van der Waals surface area contributed by atoms with Crippen molar-refractivity contribution in [3.63, 3.8) is 0 Å². The van der Waals surface area contributed by atoms with E-state index in [-0.39, 0.29) is 5.92 Å². The van der Waals surface area contributed by atoms with Crippen molar-refractivity contribution in [2.75, 3.05) is 0 Å². The normalized spacial score (nSPS) is 10.8. The summed E-state index contributed by atoms with van der Waals surface area (Å²) in [5.74, 6) is 0.237. The second-order valence-corrected chi connectivity index (χ2v) is 5.83. The molecule has 0 saturated heterocycles. The van der Waals surface area contributed by atoms with Crippen molar-refractivity contribution < 1.29 is 0 Å². The van der Waals surface area contributed by atoms with Crippen molar-refractivity contribution in [2.24, 2.45) is 0 Å². The van der Waals surface area contributed by atoms with Gasteiger partial charge in [0.05, 0.1) is 5.92 Å². The summed E-state index contributed by atoms with van der Waals surface area (Å²) in [4.78, 5) is 5.84. The highest BCUT2D eigenvalue weighted by Gasteiger charge is 2.19. The van der Waals surface area contributed by atoms with Crippen molar-refractivity contribution in [1.82, 2.24) is 4.98 Å². The number of hydrogen-bond acceptors (Lipinski definition) is 2. The van der Waals surface area contributed by atoms with Gasteiger partial charge in [0, 0.05) is 11.1 Å². The molecule has 1 heterocycles. The maximum Gasteiger partial charge on any atom is 0.105 e. The van der Waals surface area contributed by atoms with Crippen molar-refractivity contribution in [3.05, 3.63) is 87.9 Å². The van der Waals surface area contributed by atoms with Crippen LogP contribution in [0.3, 0.4) is 0 Å². The molecular weight excluding hydrogens is 250 g/mol. The Hall–Kier alpha value is -1.93. The molecule has 19 heavy (non-hydrogen) atoms. The van der Waals surface area contributed by atoms with Gasteiger partial charge in [-0.05, 0) is 18.1 Å². The smallest absolute Gasteiger partial charge is 0.105 e. The first-order valence-corrected chi connectivity index (χ1v) is 7.18. The summed E-state index contributed by atoms with van der Waals surface area (Å²) < 4.78 is 0. The molecule has 0 radical (unpaired) electrons. The van der Waals surface area contributed by atoms with E-state index < -0.39 is 0 Å². The molecule has 94 valence electrons. The highest BCUT2D eigenvalue weighted by molar-refractivity contribution is 7.11. The number of thiazole rings is 1. The minimum absolute atomic E-state index is 0.237. The fourth-order valence-corrected chi connectivity index (χ4v) is 3.20. The molecule has 0 unspecified atom stereocenters. The van der Waals surface area contributed by atoms with E-state index in [1.54, 1.807) is 11.3 Å². The summed E-state index contributed by atoms with van der Waals surface area (Å²) in [6, 6.07) is 21.2. The molecule has 0 aliphatic carbocycles. The van der Waals surface area contributed by atoms with Crippen LogP contribution in [0.1, 0.15) is 26.9 Å². The van der Waals surface area contributed by atoms with Crippen LogP contribution >= 0.6 is 11.3 Å². The molecule has 0 spiro atoms. The third kappa shape index (κ3) is 2.59. The zero-order valence-corrected chi connectivity index (χ0v) is 11.6. The molecule has 1 nitrogen and oxygen atoms in total. The predicted octanol–water partition coefficient (Wildman–Crippen LogP) is 4.63. The molecule has 2 heteroatoms. The minimum atomic E-state index is 0.237. The summed E-state index contributed by atoms with van der Waals surface area (Å²) in [5, 5.41) is 1.16. The lowest BCUT2D eigenvalue weighted by Crippen LogP contribution is -2.02. The van der Waals surface area contributed by atoms with Gasteiger partial charge in [-0.15, -0.1) is 11.3 Å². The average Bonchev–Trinajstić information content (AvgIpc) is 2.88. The van der Waals surface area contributed by atoms with Crippen LogP contribution in [-0.2, 0) is 0 Å². The highest BCUT2D eigenvalue weighted by Crippen LogP contribution is 2.33. The largest absolute Gasteiger partial charge is 0.248 e. The summed E-state index contributed by atoms with van der Waals surface area (Å²) in [6.45, 7) is 2.11. The second kappa shape index (κ2) is 5.37. The lowest BCUT2D eigenvalue weighted by molar-refractivity contribution is 0.956. The number of aromatic nitrogens is 1. The van der Waals surface area contributed by atoms with Crippen molar-refractivity contribution in [3.8, 4) is 0 Å². The van der Waals surface area contributed by atoms with Crippen LogP contribution in [0.15, 0.2) is 66.9 Å². The zero-order valence-electron chi connectivity index (χ0n) is 10.8. The van der Waals surface area contributed by atoms with Gasteiger partial charge >= 0.3 is 0 Å². The van der Waals surface area contributed by atoms with E-state index >= 15 is 0 Å². The number of hydrogen-bond donors (Lipinski definition) is 0. The van der Waals surface area contributed by atoms with E-state index in [0.717, 1.165) is 5.01 Å². The lowest BCUT2D eigenvalue weighted by Gasteiger charge is -2.15. The molecule has 0 amide bonds. The van der Waals surface area contributed by atoms with Gasteiger partial charge in [0.25, 0.3) is 0 Å². The Balaban J connectivity index is 2.11. The molecule has 0 N–H and O–H groups in total. The molecule has 0 atom stereocenters. The quantitative estimate of drug-likeness (QED) is 0.672. The van der Waals surface area contributed by atoms with Gasteiger partial charge in [-0.2, -0.15) is 0 Å². The number of nitrogens with zero attached hydrogens (tertiary/aromatic N) is 1. The standard InChI is InChI=1S/C17H15NS/c1-13-12-18-17(19-13)16(14-8-4-2-5-9-14)15-10-6-3-7-11-15/h2-12,16H,1H3. The molecule has 0 aliphatic rings. The van der Waals surface area contributed by atoms with Crippen LogP contribution in [0, 0.1) is 6.92 Å². The first kappa shape index (κ1) is 12.1. The van der Waals surface area contributed by atoms with Crippen LogP contribution in [-0.4, -0.2) is 4.98 Å². The maximum absolute atomic E-state index is 4.59. The summed E-state index contributed by atoms with van der Waals surface area (Å²) in [5.41, 5.74) is 2.59. The molecule has 2 aromatic carbocycles. The summed E-state index contributed by atoms with van der Waals surface area (Å²) in [6.07, 6.45) is 1.96. The van der Waals surface area contributed by atoms with Gasteiger partial charge in [-0.25, -0.2) is 4.98 Å². The van der Waals surface area contributed by atoms with Crippen molar-refractivity contribution in [1.29, 1.82) is 0 Å². The highest BCUT2D eigenvalue weighted by atomic mass is 32.1. The van der Waals surface area contributed by atoms with Crippen LogP contribution in [0.25, 0.3) is 0 Å². The van der Waals surface area contributed by atoms with Gasteiger partial charge in [0.2, 0.25) is 0 Å². The Kier molecular flexibility index (Phi) is 3.43. The SMILES string of the molecule is Cc1cnc(C(c2ccccc2)c2ccccc2)s1. The molecule has 0 saturated carbocycles. The molecular formula is C17H15NS. The summed E-state index contributed by atoms with van der Waals surface area (Å²) >= 11 is 1.77. The monoisotopic (exact) mass is 265 g/mol. The van der Waals surface area contributed by atoms with E-state index in [9.17, 15) is 0 Å². The molecule has 0 fully saturated rings. The van der Waals surface area contributed by atoms with E-state index in [0.29, 0.717) is 0 Å². The first-order chi connectivity index (χ1) is 9.34. The fourth-order valence-electron chi connectivity index (χ4n) is 2.27. The van der Waals surface area contributed by atoms with Crippen molar-refractivity contribution in [2.45, 2.75) is 12.8 Å². The molecule has 0 aliphatic heterocycles. The van der Waals surface area contributed by atoms with Crippen molar-refractivity contribution >= 4 is 11.3 Å². The topological polar surface area (TPSA) is 12.9 Å². The van der Waals surface area contributed by atoms with E-state index in [1.807, 2.05) is 6.20 Å². The second-order valence-electron chi connectivity index (χ2n) is 4.56. The Morgan fingerprint density at radius 3 is 1.79 bits per heavy atom. The molecule has 1 aromatic heterocycles. The van der Waals surface area contributed by atoms with E-state index in [1.165, 1.54) is 16.0 Å².